The van der Waals surface area contributed by atoms with E-state index in [2.05, 4.69) is 5.32 Å². The number of nitriles is 1. The zero-order valence-corrected chi connectivity index (χ0v) is 11.5. The predicted molar refractivity (Wildman–Crippen MR) is 75.0 cm³/mol. The minimum Gasteiger partial charge on any atom is -0.352 e. The first-order valence-electron chi connectivity index (χ1n) is 7.09. The number of carbonyl (C=O) groups is 1. The lowest BCUT2D eigenvalue weighted by Crippen LogP contribution is -2.38. The molecule has 1 N–H and O–H groups in total. The molecule has 0 aromatic carbocycles. The second-order valence-corrected chi connectivity index (χ2v) is 5.25. The van der Waals surface area contributed by atoms with Crippen molar-refractivity contribution in [2.75, 3.05) is 0 Å². The maximum Gasteiger partial charge on any atom is 0.252 e. The van der Waals surface area contributed by atoms with E-state index in [1.807, 2.05) is 6.07 Å². The fraction of sp³-hybridized carbons (Fsp3) is 0.533. The fourth-order valence-corrected chi connectivity index (χ4v) is 2.56. The Hall–Kier alpha value is -2.09. The lowest BCUT2D eigenvalue weighted by atomic mass is 10.1. The van der Waals surface area contributed by atoms with Gasteiger partial charge < -0.3 is 9.88 Å². The molecule has 1 saturated carbocycles. The number of aromatic nitrogens is 1. The van der Waals surface area contributed by atoms with Crippen LogP contribution >= 0.6 is 0 Å². The molecular weight excluding hydrogens is 254 g/mol. The first kappa shape index (κ1) is 14.3. The second-order valence-electron chi connectivity index (χ2n) is 5.25. The Morgan fingerprint density at radius 1 is 1.35 bits per heavy atom. The molecule has 0 radical (unpaired) electrons. The summed E-state index contributed by atoms with van der Waals surface area (Å²) in [5, 5.41) is 11.7. The molecular formula is C15H19N3O2. The molecule has 0 saturated heterocycles. The van der Waals surface area contributed by atoms with Gasteiger partial charge in [0.2, 0.25) is 5.91 Å². The van der Waals surface area contributed by atoms with Crippen molar-refractivity contribution in [3.8, 4) is 6.07 Å². The highest BCUT2D eigenvalue weighted by atomic mass is 16.2. The van der Waals surface area contributed by atoms with Gasteiger partial charge in [0, 0.05) is 18.3 Å². The smallest absolute Gasteiger partial charge is 0.252 e. The number of pyridine rings is 1. The molecule has 5 heteroatoms. The third-order valence-corrected chi connectivity index (χ3v) is 3.66. The molecule has 1 amide bonds. The van der Waals surface area contributed by atoms with Crippen molar-refractivity contribution in [3.63, 3.8) is 0 Å². The highest BCUT2D eigenvalue weighted by Crippen LogP contribution is 2.17. The number of hydrogen-bond donors (Lipinski definition) is 1. The molecule has 2 rings (SSSR count). The van der Waals surface area contributed by atoms with Crippen LogP contribution in [-0.4, -0.2) is 16.5 Å². The van der Waals surface area contributed by atoms with Gasteiger partial charge >= 0.3 is 0 Å². The maximum absolute atomic E-state index is 12.0. The van der Waals surface area contributed by atoms with Crippen molar-refractivity contribution in [1.82, 2.24) is 9.88 Å². The minimum absolute atomic E-state index is 0.0149. The lowest BCUT2D eigenvalue weighted by molar-refractivity contribution is -0.122. The zero-order valence-electron chi connectivity index (χ0n) is 11.5. The van der Waals surface area contributed by atoms with Crippen molar-refractivity contribution in [2.24, 2.45) is 0 Å². The molecule has 1 aliphatic carbocycles. The van der Waals surface area contributed by atoms with Crippen LogP contribution in [0.2, 0.25) is 0 Å². The maximum atomic E-state index is 12.0. The van der Waals surface area contributed by atoms with Gasteiger partial charge in [-0.25, -0.2) is 0 Å². The number of amides is 1. The fourth-order valence-electron chi connectivity index (χ4n) is 2.56. The van der Waals surface area contributed by atoms with E-state index in [0.29, 0.717) is 5.56 Å². The van der Waals surface area contributed by atoms with Gasteiger partial charge in [-0.05, 0) is 18.9 Å². The van der Waals surface area contributed by atoms with Crippen molar-refractivity contribution in [2.45, 2.75) is 51.1 Å². The van der Waals surface area contributed by atoms with Gasteiger partial charge in [0.15, 0.2) is 0 Å². The van der Waals surface area contributed by atoms with E-state index in [4.69, 9.17) is 5.26 Å². The quantitative estimate of drug-likeness (QED) is 0.849. The second kappa shape index (κ2) is 6.90. The summed E-state index contributed by atoms with van der Waals surface area (Å²) >= 11 is 0. The summed E-state index contributed by atoms with van der Waals surface area (Å²) in [4.78, 5) is 23.7. The Balaban J connectivity index is 1.94. The summed E-state index contributed by atoms with van der Waals surface area (Å²) in [6.45, 7) is 0.0149. The van der Waals surface area contributed by atoms with Gasteiger partial charge in [-0.3, -0.25) is 9.59 Å². The summed E-state index contributed by atoms with van der Waals surface area (Å²) < 4.78 is 1.33. The highest BCUT2D eigenvalue weighted by Gasteiger charge is 2.15. The molecule has 5 nitrogen and oxygen atoms in total. The normalized spacial score (nSPS) is 16.1. The van der Waals surface area contributed by atoms with Crippen molar-refractivity contribution < 1.29 is 4.79 Å². The summed E-state index contributed by atoms with van der Waals surface area (Å²) in [6.07, 6.45) is 8.32. The summed E-state index contributed by atoms with van der Waals surface area (Å²) in [5.74, 6) is -0.135. The number of nitrogens with one attached hydrogen (secondary N) is 1. The molecule has 0 aliphatic heterocycles. The van der Waals surface area contributed by atoms with Gasteiger partial charge in [-0.2, -0.15) is 5.26 Å². The topological polar surface area (TPSA) is 74.9 Å². The highest BCUT2D eigenvalue weighted by molar-refractivity contribution is 5.76. The van der Waals surface area contributed by atoms with E-state index >= 15 is 0 Å². The molecule has 106 valence electrons. The molecule has 1 heterocycles. The first-order valence-corrected chi connectivity index (χ1v) is 7.09. The molecule has 1 fully saturated rings. The number of nitrogens with zero attached hydrogens (tertiary/aromatic N) is 2. The molecule has 1 aromatic heterocycles. The van der Waals surface area contributed by atoms with E-state index < -0.39 is 0 Å². The van der Waals surface area contributed by atoms with Crippen molar-refractivity contribution >= 4 is 5.91 Å². The van der Waals surface area contributed by atoms with Gasteiger partial charge in [-0.1, -0.05) is 25.7 Å². The third-order valence-electron chi connectivity index (χ3n) is 3.66. The molecule has 0 bridgehead atoms. The Morgan fingerprint density at radius 3 is 2.65 bits per heavy atom. The Labute approximate surface area is 118 Å². The molecule has 1 aliphatic rings. The van der Waals surface area contributed by atoms with E-state index in [9.17, 15) is 9.59 Å². The van der Waals surface area contributed by atoms with Crippen LogP contribution in [0, 0.1) is 11.3 Å². The standard InChI is InChI=1S/C15H19N3O2/c16-10-12-7-8-18(15(20)9-12)11-14(19)17-13-5-3-1-2-4-6-13/h7-9,13H,1-6,11H2,(H,17,19). The van der Waals surface area contributed by atoms with Crippen LogP contribution in [0.15, 0.2) is 23.1 Å². The molecule has 0 atom stereocenters. The average Bonchev–Trinajstić information content (AvgIpc) is 2.69. The van der Waals surface area contributed by atoms with Crippen LogP contribution in [0.1, 0.15) is 44.1 Å². The Kier molecular flexibility index (Phi) is 4.94. The average molecular weight is 273 g/mol. The summed E-state index contributed by atoms with van der Waals surface area (Å²) in [7, 11) is 0. The number of hydrogen-bond acceptors (Lipinski definition) is 3. The van der Waals surface area contributed by atoms with E-state index in [1.54, 1.807) is 6.07 Å². The first-order chi connectivity index (χ1) is 9.69. The van der Waals surface area contributed by atoms with Crippen LogP contribution in [0.4, 0.5) is 0 Å². The van der Waals surface area contributed by atoms with E-state index in [1.165, 1.54) is 29.7 Å². The monoisotopic (exact) mass is 273 g/mol. The SMILES string of the molecule is N#Cc1ccn(CC(=O)NC2CCCCCC2)c(=O)c1. The molecule has 1 aromatic rings. The Bertz CT molecular complexity index is 563. The molecule has 20 heavy (non-hydrogen) atoms. The van der Waals surface area contributed by atoms with E-state index in [0.717, 1.165) is 25.7 Å². The Morgan fingerprint density at radius 2 is 2.05 bits per heavy atom. The van der Waals surface area contributed by atoms with Gasteiger partial charge in [0.1, 0.15) is 6.54 Å². The predicted octanol–water partition coefficient (Wildman–Crippen LogP) is 1.56. The molecule has 0 spiro atoms. The zero-order chi connectivity index (χ0) is 14.4. The number of rotatable bonds is 3. The van der Waals surface area contributed by atoms with Crippen molar-refractivity contribution in [1.29, 1.82) is 5.26 Å². The minimum atomic E-state index is -0.319. The van der Waals surface area contributed by atoms with Crippen molar-refractivity contribution in [3.05, 3.63) is 34.2 Å². The largest absolute Gasteiger partial charge is 0.352 e. The van der Waals surface area contributed by atoms with Crippen LogP contribution in [0.3, 0.4) is 0 Å². The van der Waals surface area contributed by atoms with Gasteiger partial charge in [0.25, 0.3) is 5.56 Å². The van der Waals surface area contributed by atoms with Crippen LogP contribution in [-0.2, 0) is 11.3 Å². The van der Waals surface area contributed by atoms with Crippen LogP contribution in [0.5, 0.6) is 0 Å². The third kappa shape index (κ3) is 3.95. The van der Waals surface area contributed by atoms with Crippen LogP contribution < -0.4 is 10.9 Å². The molecule has 0 unspecified atom stereocenters. The number of carbonyl (C=O) groups excluding carboxylic acids is 1. The van der Waals surface area contributed by atoms with Gasteiger partial charge in [-0.15, -0.1) is 0 Å². The summed E-state index contributed by atoms with van der Waals surface area (Å²) in [5.41, 5.74) is -0.00417. The summed E-state index contributed by atoms with van der Waals surface area (Å²) in [6, 6.07) is 4.93. The van der Waals surface area contributed by atoms with Crippen LogP contribution in [0.25, 0.3) is 0 Å². The van der Waals surface area contributed by atoms with E-state index in [-0.39, 0.29) is 24.1 Å². The van der Waals surface area contributed by atoms with Gasteiger partial charge in [0.05, 0.1) is 11.6 Å². The lowest BCUT2D eigenvalue weighted by Gasteiger charge is -2.16.